The first-order valence-corrected chi connectivity index (χ1v) is 15.9. The monoisotopic (exact) mass is 540 g/mol. The van der Waals surface area contributed by atoms with Crippen molar-refractivity contribution in [3.63, 3.8) is 0 Å². The summed E-state index contributed by atoms with van der Waals surface area (Å²) in [5.74, 6) is 0.699. The molecule has 1 heterocycles. The number of aryl methyl sites for hydroxylation is 2. The third kappa shape index (κ3) is 6.68. The molecule has 0 N–H and O–H groups in total. The highest BCUT2D eigenvalue weighted by molar-refractivity contribution is 5.53. The van der Waals surface area contributed by atoms with Gasteiger partial charge in [-0.3, -0.25) is 0 Å². The van der Waals surface area contributed by atoms with Gasteiger partial charge in [0, 0.05) is 17.5 Å². The Balaban J connectivity index is 1.21. The summed E-state index contributed by atoms with van der Waals surface area (Å²) in [5, 5.41) is 0. The van der Waals surface area contributed by atoms with Gasteiger partial charge in [0.05, 0.1) is 0 Å². The first kappa shape index (κ1) is 28.6. The highest BCUT2D eigenvalue weighted by atomic mass is 19.2. The molecule has 2 aromatic carbocycles. The molecule has 0 unspecified atom stereocenters. The summed E-state index contributed by atoms with van der Waals surface area (Å²) in [5.41, 5.74) is 2.40. The van der Waals surface area contributed by atoms with Gasteiger partial charge in [-0.05, 0) is 66.5 Å². The van der Waals surface area contributed by atoms with Crippen LogP contribution in [0.4, 0.5) is 13.2 Å². The van der Waals surface area contributed by atoms with Crippen molar-refractivity contribution in [2.45, 2.75) is 123 Å². The Morgan fingerprint density at radius 3 is 1.62 bits per heavy atom. The van der Waals surface area contributed by atoms with Crippen molar-refractivity contribution in [3.8, 4) is 11.5 Å². The second kappa shape index (κ2) is 13.1. The molecule has 2 saturated carbocycles. The van der Waals surface area contributed by atoms with Crippen LogP contribution in [0, 0.1) is 41.1 Å². The molecule has 0 aromatic heterocycles. The third-order valence-corrected chi connectivity index (χ3v) is 10.1. The Morgan fingerprint density at radius 1 is 0.590 bits per heavy atom. The molecule has 0 spiro atoms. The highest BCUT2D eigenvalue weighted by Crippen LogP contribution is 2.43. The number of rotatable bonds is 10. The van der Waals surface area contributed by atoms with Crippen LogP contribution in [0.2, 0.25) is 0 Å². The van der Waals surface area contributed by atoms with Gasteiger partial charge < -0.3 is 4.74 Å². The molecule has 2 aromatic rings. The van der Waals surface area contributed by atoms with Gasteiger partial charge in [-0.1, -0.05) is 103 Å². The smallest absolute Gasteiger partial charge is 0.201 e. The van der Waals surface area contributed by atoms with Gasteiger partial charge in [-0.15, -0.1) is 0 Å². The Bertz CT molecular complexity index is 1110. The number of halogens is 3. The van der Waals surface area contributed by atoms with E-state index < -0.39 is 17.5 Å². The molecule has 1 aliphatic heterocycles. The van der Waals surface area contributed by atoms with Crippen LogP contribution in [0.1, 0.15) is 126 Å². The zero-order valence-corrected chi connectivity index (χ0v) is 24.1. The zero-order valence-electron chi connectivity index (χ0n) is 24.1. The van der Waals surface area contributed by atoms with Gasteiger partial charge in [-0.2, -0.15) is 4.39 Å². The van der Waals surface area contributed by atoms with Gasteiger partial charge in [-0.25, -0.2) is 8.78 Å². The normalized spacial score (nSPS) is 24.6. The molecule has 0 amide bonds. The lowest BCUT2D eigenvalue weighted by Crippen LogP contribution is -2.16. The van der Waals surface area contributed by atoms with Crippen LogP contribution >= 0.6 is 0 Å². The van der Waals surface area contributed by atoms with E-state index in [2.05, 4.69) is 13.8 Å². The molecular formula is C35H47F3O. The minimum atomic E-state index is -0.964. The van der Waals surface area contributed by atoms with Crippen molar-refractivity contribution < 1.29 is 17.9 Å². The molecule has 2 aliphatic carbocycles. The van der Waals surface area contributed by atoms with E-state index in [1.807, 2.05) is 12.1 Å². The maximum Gasteiger partial charge on any atom is 0.201 e. The minimum Gasteiger partial charge on any atom is -0.450 e. The maximum atomic E-state index is 15.5. The predicted molar refractivity (Wildman–Crippen MR) is 153 cm³/mol. The van der Waals surface area contributed by atoms with E-state index in [9.17, 15) is 0 Å². The fourth-order valence-electron chi connectivity index (χ4n) is 7.68. The molecule has 0 radical (unpaired) electrons. The molecule has 4 heteroatoms. The molecule has 2 fully saturated rings. The summed E-state index contributed by atoms with van der Waals surface area (Å²) in [6.45, 7) is 4.50. The number of fused-ring (bicyclic) bond motifs is 2. The summed E-state index contributed by atoms with van der Waals surface area (Å²) in [4.78, 5) is 0. The van der Waals surface area contributed by atoms with Crippen LogP contribution in [0.15, 0.2) is 18.2 Å². The van der Waals surface area contributed by atoms with Gasteiger partial charge in [0.1, 0.15) is 0 Å². The van der Waals surface area contributed by atoms with Crippen LogP contribution in [0.3, 0.4) is 0 Å². The lowest BCUT2D eigenvalue weighted by Gasteiger charge is -2.29. The topological polar surface area (TPSA) is 9.23 Å². The molecule has 0 atom stereocenters. The quantitative estimate of drug-likeness (QED) is 0.248. The van der Waals surface area contributed by atoms with Gasteiger partial charge in [0.2, 0.25) is 5.82 Å². The van der Waals surface area contributed by atoms with E-state index in [0.717, 1.165) is 30.2 Å². The average Bonchev–Trinajstić information content (AvgIpc) is 2.95. The first-order chi connectivity index (χ1) is 19.0. The fraction of sp³-hybridized carbons (Fsp3) is 0.657. The van der Waals surface area contributed by atoms with E-state index in [0.29, 0.717) is 47.8 Å². The predicted octanol–water partition coefficient (Wildman–Crippen LogP) is 10.9. The summed E-state index contributed by atoms with van der Waals surface area (Å²) in [7, 11) is 0. The largest absolute Gasteiger partial charge is 0.450 e. The van der Waals surface area contributed by atoms with Crippen molar-refractivity contribution in [1.29, 1.82) is 0 Å². The Hall–Kier alpha value is -1.97. The first-order valence-electron chi connectivity index (χ1n) is 15.9. The Kier molecular flexibility index (Phi) is 9.61. The zero-order chi connectivity index (χ0) is 27.4. The lowest BCUT2D eigenvalue weighted by molar-refractivity contribution is 0.251. The van der Waals surface area contributed by atoms with Crippen molar-refractivity contribution in [1.82, 2.24) is 0 Å². The van der Waals surface area contributed by atoms with Crippen LogP contribution in [0.25, 0.3) is 0 Å². The van der Waals surface area contributed by atoms with E-state index in [-0.39, 0.29) is 11.5 Å². The SMILES string of the molecule is CCCC1CCC(CCc2cc3c(c(F)c2F)Oc2c(ccc(CCC4CCC(CCC)CC4)c2F)C3)CC1. The standard InChI is InChI=1S/C35H47F3O/c1-3-5-23-7-11-25(12-8-23)15-17-27-19-20-29-22-30-21-28(18-16-26-13-9-24(6-4-2)10-14-26)31(36)33(38)35(30)39-34(29)32(27)37/h19-21,23-26H,3-18,22H2,1-2H3. The molecule has 5 rings (SSSR count). The highest BCUT2D eigenvalue weighted by Gasteiger charge is 2.29. The molecule has 3 aliphatic rings. The van der Waals surface area contributed by atoms with Crippen LogP contribution in [-0.4, -0.2) is 0 Å². The van der Waals surface area contributed by atoms with Crippen LogP contribution < -0.4 is 4.74 Å². The third-order valence-electron chi connectivity index (χ3n) is 10.1. The summed E-state index contributed by atoms with van der Waals surface area (Å²) >= 11 is 0. The van der Waals surface area contributed by atoms with Gasteiger partial charge >= 0.3 is 0 Å². The van der Waals surface area contributed by atoms with E-state index >= 15 is 13.2 Å². The second-order valence-electron chi connectivity index (χ2n) is 12.9. The summed E-state index contributed by atoms with van der Waals surface area (Å²) in [6, 6.07) is 5.56. The summed E-state index contributed by atoms with van der Waals surface area (Å²) < 4.78 is 51.7. The van der Waals surface area contributed by atoms with E-state index in [1.54, 1.807) is 6.07 Å². The number of hydrogen-bond acceptors (Lipinski definition) is 1. The van der Waals surface area contributed by atoms with Gasteiger partial charge in [0.25, 0.3) is 0 Å². The Labute approximate surface area is 233 Å². The molecule has 0 bridgehead atoms. The summed E-state index contributed by atoms with van der Waals surface area (Å²) in [6.07, 6.45) is 18.5. The maximum absolute atomic E-state index is 15.5. The Morgan fingerprint density at radius 2 is 1.08 bits per heavy atom. The van der Waals surface area contributed by atoms with Crippen molar-refractivity contribution >= 4 is 0 Å². The molecule has 39 heavy (non-hydrogen) atoms. The lowest BCUT2D eigenvalue weighted by atomic mass is 9.78. The molecule has 1 nitrogen and oxygen atoms in total. The van der Waals surface area contributed by atoms with Crippen molar-refractivity contribution in [2.24, 2.45) is 23.7 Å². The van der Waals surface area contributed by atoms with Gasteiger partial charge in [0.15, 0.2) is 23.1 Å². The van der Waals surface area contributed by atoms with Crippen LogP contribution in [-0.2, 0) is 19.3 Å². The van der Waals surface area contributed by atoms with Crippen molar-refractivity contribution in [3.05, 3.63) is 57.9 Å². The molecule has 0 saturated heterocycles. The van der Waals surface area contributed by atoms with Crippen molar-refractivity contribution in [2.75, 3.05) is 0 Å². The average molecular weight is 541 g/mol. The number of benzene rings is 2. The molecule has 214 valence electrons. The molecular weight excluding hydrogens is 493 g/mol. The van der Waals surface area contributed by atoms with E-state index in [4.69, 9.17) is 4.74 Å². The number of hydrogen-bond donors (Lipinski definition) is 0. The van der Waals surface area contributed by atoms with Crippen LogP contribution in [0.5, 0.6) is 11.5 Å². The number of ether oxygens (including phenoxy) is 1. The second-order valence-corrected chi connectivity index (χ2v) is 12.9. The fourth-order valence-corrected chi connectivity index (χ4v) is 7.68. The van der Waals surface area contributed by atoms with E-state index in [1.165, 1.54) is 77.0 Å². The minimum absolute atomic E-state index is 0.0848.